The summed E-state index contributed by atoms with van der Waals surface area (Å²) in [6, 6.07) is 10.8. The molecule has 0 amide bonds. The highest BCUT2D eigenvalue weighted by Gasteiger charge is 2.20. The van der Waals surface area contributed by atoms with Gasteiger partial charge in [-0.2, -0.15) is 4.91 Å². The summed E-state index contributed by atoms with van der Waals surface area (Å²) in [6.45, 7) is 3.27. The second-order valence-electron chi connectivity index (χ2n) is 6.48. The number of ether oxygens (including phenoxy) is 1. The molecule has 7 heteroatoms. The summed E-state index contributed by atoms with van der Waals surface area (Å²) in [6.07, 6.45) is 4.90. The van der Waals surface area contributed by atoms with Crippen LogP contribution < -0.4 is 4.74 Å². The highest BCUT2D eigenvalue weighted by atomic mass is 16.5. The predicted octanol–water partition coefficient (Wildman–Crippen LogP) is 2.72. The number of carbonyl (C=O) groups excluding carboxylic acids is 1. The van der Waals surface area contributed by atoms with Gasteiger partial charge in [-0.1, -0.05) is 35.5 Å². The molecule has 1 aliphatic heterocycles. The van der Waals surface area contributed by atoms with E-state index in [0.717, 1.165) is 32.5 Å². The van der Waals surface area contributed by atoms with Gasteiger partial charge in [0.25, 0.3) is 0 Å². The first kappa shape index (κ1) is 18.1. The summed E-state index contributed by atoms with van der Waals surface area (Å²) in [5, 5.41) is 2.57. The topological polar surface area (TPSA) is 84.8 Å². The third kappa shape index (κ3) is 5.16. The van der Waals surface area contributed by atoms with Crippen molar-refractivity contribution in [2.24, 2.45) is 11.1 Å². The summed E-state index contributed by atoms with van der Waals surface area (Å²) >= 11 is 0. The number of piperidine rings is 1. The Balaban J connectivity index is 1.41. The summed E-state index contributed by atoms with van der Waals surface area (Å²) in [7, 11) is 0. The molecule has 2 heterocycles. The van der Waals surface area contributed by atoms with Gasteiger partial charge in [0, 0.05) is 18.9 Å². The van der Waals surface area contributed by atoms with Gasteiger partial charge in [0.2, 0.25) is 0 Å². The largest absolute Gasteiger partial charge is 0.463 e. The molecule has 2 aromatic rings. The van der Waals surface area contributed by atoms with E-state index >= 15 is 0 Å². The van der Waals surface area contributed by atoms with E-state index < -0.39 is 12.3 Å². The number of nitroso groups, excluding NO2 is 1. The number of rotatable bonds is 8. The molecule has 0 atom stereocenters. The van der Waals surface area contributed by atoms with Crippen LogP contribution in [-0.4, -0.2) is 46.9 Å². The van der Waals surface area contributed by atoms with Crippen molar-refractivity contribution in [3.05, 3.63) is 58.8 Å². The number of Topliss-reactive ketones (excluding diaryl/α,β-unsaturated/α-hetero) is 1. The molecular weight excluding hydrogens is 332 g/mol. The maximum Gasteiger partial charge on any atom is 0.316 e. The molecule has 3 rings (SSSR count). The van der Waals surface area contributed by atoms with Gasteiger partial charge in [-0.05, 0) is 37.4 Å². The van der Waals surface area contributed by atoms with Gasteiger partial charge >= 0.3 is 6.01 Å². The van der Waals surface area contributed by atoms with Crippen molar-refractivity contribution < 1.29 is 9.53 Å². The molecule has 1 fully saturated rings. The smallest absolute Gasteiger partial charge is 0.316 e. The van der Waals surface area contributed by atoms with E-state index in [0.29, 0.717) is 12.5 Å². The van der Waals surface area contributed by atoms with Crippen LogP contribution in [-0.2, 0) is 6.54 Å². The van der Waals surface area contributed by atoms with E-state index in [9.17, 15) is 9.70 Å². The van der Waals surface area contributed by atoms with Crippen LogP contribution in [0, 0.1) is 10.8 Å². The molecule has 0 N–H and O–H groups in total. The number of benzene rings is 1. The predicted molar refractivity (Wildman–Crippen MR) is 97.0 cm³/mol. The fourth-order valence-electron chi connectivity index (χ4n) is 3.03. The summed E-state index contributed by atoms with van der Waals surface area (Å²) in [4.78, 5) is 32.1. The van der Waals surface area contributed by atoms with Gasteiger partial charge in [0.05, 0.1) is 12.2 Å². The van der Waals surface area contributed by atoms with E-state index in [1.807, 2.05) is 6.07 Å². The van der Waals surface area contributed by atoms with Crippen molar-refractivity contribution in [3.8, 4) is 6.01 Å². The quantitative estimate of drug-likeness (QED) is 0.535. The first-order valence-corrected chi connectivity index (χ1v) is 8.78. The van der Waals surface area contributed by atoms with Crippen molar-refractivity contribution in [1.82, 2.24) is 14.9 Å². The maximum atomic E-state index is 11.5. The van der Waals surface area contributed by atoms with Crippen LogP contribution >= 0.6 is 0 Å². The summed E-state index contributed by atoms with van der Waals surface area (Å²) in [5.41, 5.74) is 1.61. The Labute approximate surface area is 152 Å². The Kier molecular flexibility index (Phi) is 6.38. The molecule has 136 valence electrons. The number of ketones is 1. The molecule has 26 heavy (non-hydrogen) atoms. The molecule has 0 aliphatic carbocycles. The van der Waals surface area contributed by atoms with Crippen LogP contribution in [0.25, 0.3) is 0 Å². The van der Waals surface area contributed by atoms with Crippen molar-refractivity contribution in [1.29, 1.82) is 0 Å². The van der Waals surface area contributed by atoms with Gasteiger partial charge in [0.1, 0.15) is 6.54 Å². The molecule has 0 unspecified atom stereocenters. The highest BCUT2D eigenvalue weighted by Crippen LogP contribution is 2.19. The maximum absolute atomic E-state index is 11.5. The minimum atomic E-state index is -0.398. The lowest BCUT2D eigenvalue weighted by Gasteiger charge is -2.31. The van der Waals surface area contributed by atoms with Crippen LogP contribution in [0.3, 0.4) is 0 Å². The molecule has 1 saturated heterocycles. The fourth-order valence-corrected chi connectivity index (χ4v) is 3.03. The molecule has 0 saturated carbocycles. The van der Waals surface area contributed by atoms with Crippen molar-refractivity contribution in [3.63, 3.8) is 0 Å². The fraction of sp³-hybridized carbons (Fsp3) is 0.421. The van der Waals surface area contributed by atoms with Crippen LogP contribution in [0.2, 0.25) is 0 Å². The Bertz CT molecular complexity index is 713. The second kappa shape index (κ2) is 9.15. The van der Waals surface area contributed by atoms with Crippen molar-refractivity contribution in [2.75, 3.05) is 26.2 Å². The monoisotopic (exact) mass is 354 g/mol. The number of hydrogen-bond donors (Lipinski definition) is 0. The molecular formula is C19H22N4O3. The molecule has 1 aromatic heterocycles. The molecule has 1 aliphatic rings. The standard InChI is InChI=1S/C19H22N4O3/c24-18(12-22-25)17-10-20-19(21-11-17)26-14-16-6-8-23(9-7-16)13-15-4-2-1-3-5-15/h1-5,10-11,16H,6-9,12-14H2. The Hall–Kier alpha value is -2.67. The number of hydrogen-bond acceptors (Lipinski definition) is 7. The Morgan fingerprint density at radius 2 is 1.85 bits per heavy atom. The number of carbonyl (C=O) groups is 1. The lowest BCUT2D eigenvalue weighted by atomic mass is 9.97. The zero-order valence-electron chi connectivity index (χ0n) is 14.6. The zero-order chi connectivity index (χ0) is 18.2. The number of nitrogens with zero attached hydrogens (tertiary/aromatic N) is 4. The summed E-state index contributed by atoms with van der Waals surface area (Å²) in [5.74, 6) is 0.0866. The molecule has 1 aromatic carbocycles. The third-order valence-corrected chi connectivity index (χ3v) is 4.56. The van der Waals surface area contributed by atoms with E-state index in [-0.39, 0.29) is 11.6 Å². The third-order valence-electron chi connectivity index (χ3n) is 4.56. The number of aromatic nitrogens is 2. The SMILES string of the molecule is O=NCC(=O)c1cnc(OCC2CCN(Cc3ccccc3)CC2)nc1. The first-order valence-electron chi connectivity index (χ1n) is 8.78. The van der Waals surface area contributed by atoms with E-state index in [4.69, 9.17) is 4.74 Å². The molecule has 0 bridgehead atoms. The van der Waals surface area contributed by atoms with Gasteiger partial charge < -0.3 is 4.74 Å². The van der Waals surface area contributed by atoms with Crippen LogP contribution in [0.4, 0.5) is 0 Å². The minimum Gasteiger partial charge on any atom is -0.463 e. The Morgan fingerprint density at radius 3 is 2.50 bits per heavy atom. The lowest BCUT2D eigenvalue weighted by Crippen LogP contribution is -2.35. The second-order valence-corrected chi connectivity index (χ2v) is 6.48. The Morgan fingerprint density at radius 1 is 1.15 bits per heavy atom. The van der Waals surface area contributed by atoms with Gasteiger partial charge in [-0.15, -0.1) is 0 Å². The average Bonchev–Trinajstić information content (AvgIpc) is 2.69. The van der Waals surface area contributed by atoms with E-state index in [1.54, 1.807) is 0 Å². The van der Waals surface area contributed by atoms with Crippen LogP contribution in [0.15, 0.2) is 47.9 Å². The van der Waals surface area contributed by atoms with Gasteiger partial charge in [-0.25, -0.2) is 9.97 Å². The first-order chi connectivity index (χ1) is 12.7. The highest BCUT2D eigenvalue weighted by molar-refractivity contribution is 5.97. The average molecular weight is 354 g/mol. The molecule has 0 spiro atoms. The zero-order valence-corrected chi connectivity index (χ0v) is 14.6. The number of likely N-dealkylation sites (tertiary alicyclic amines) is 1. The molecule has 7 nitrogen and oxygen atoms in total. The van der Waals surface area contributed by atoms with Gasteiger partial charge in [-0.3, -0.25) is 9.69 Å². The van der Waals surface area contributed by atoms with E-state index in [1.165, 1.54) is 18.0 Å². The van der Waals surface area contributed by atoms with Crippen LogP contribution in [0.1, 0.15) is 28.8 Å². The normalized spacial score (nSPS) is 15.5. The minimum absolute atomic E-state index is 0.257. The lowest BCUT2D eigenvalue weighted by molar-refractivity contribution is 0.100. The van der Waals surface area contributed by atoms with Gasteiger partial charge in [0.15, 0.2) is 5.78 Å². The molecule has 0 radical (unpaired) electrons. The summed E-state index contributed by atoms with van der Waals surface area (Å²) < 4.78 is 5.66. The van der Waals surface area contributed by atoms with E-state index in [2.05, 4.69) is 44.3 Å². The van der Waals surface area contributed by atoms with Crippen molar-refractivity contribution in [2.45, 2.75) is 19.4 Å². The van der Waals surface area contributed by atoms with Crippen molar-refractivity contribution >= 4 is 5.78 Å². The van der Waals surface area contributed by atoms with Crippen LogP contribution in [0.5, 0.6) is 6.01 Å².